The van der Waals surface area contributed by atoms with Crippen LogP contribution in [0.1, 0.15) is 5.56 Å². The molecule has 2 heterocycles. The van der Waals surface area contributed by atoms with Gasteiger partial charge in [-0.3, -0.25) is 4.90 Å². The van der Waals surface area contributed by atoms with Gasteiger partial charge in [0, 0.05) is 25.2 Å². The van der Waals surface area contributed by atoms with Crippen molar-refractivity contribution in [2.24, 2.45) is 0 Å². The molecule has 13 heavy (non-hydrogen) atoms. The van der Waals surface area contributed by atoms with Crippen LogP contribution in [0.25, 0.3) is 0 Å². The number of morpholine rings is 1. The molecule has 1 aromatic rings. The van der Waals surface area contributed by atoms with Crippen molar-refractivity contribution in [2.75, 3.05) is 26.3 Å². The highest BCUT2D eigenvalue weighted by molar-refractivity contribution is 9.10. The molecule has 1 aliphatic heterocycles. The Morgan fingerprint density at radius 3 is 2.77 bits per heavy atom. The highest BCUT2D eigenvalue weighted by atomic mass is 79.9. The lowest BCUT2D eigenvalue weighted by Crippen LogP contribution is -2.35. The van der Waals surface area contributed by atoms with E-state index in [9.17, 15) is 0 Å². The fourth-order valence-electron chi connectivity index (χ4n) is 1.45. The summed E-state index contributed by atoms with van der Waals surface area (Å²) in [6.45, 7) is 4.68. The Bertz CT molecular complexity index is 268. The predicted molar refractivity (Wildman–Crippen MR) is 52.5 cm³/mol. The first-order valence-electron chi connectivity index (χ1n) is 4.37. The molecule has 3 nitrogen and oxygen atoms in total. The minimum atomic E-state index is 0.802. The SMILES string of the molecule is Brc1cc(CN2CCOCC2)co1. The third kappa shape index (κ3) is 2.56. The molecule has 1 fully saturated rings. The van der Waals surface area contributed by atoms with E-state index < -0.39 is 0 Å². The Morgan fingerprint density at radius 2 is 2.15 bits per heavy atom. The summed E-state index contributed by atoms with van der Waals surface area (Å²) in [6.07, 6.45) is 1.79. The predicted octanol–water partition coefficient (Wildman–Crippen LogP) is 1.87. The van der Waals surface area contributed by atoms with E-state index in [1.54, 1.807) is 6.26 Å². The van der Waals surface area contributed by atoms with Gasteiger partial charge in [-0.25, -0.2) is 0 Å². The van der Waals surface area contributed by atoms with E-state index in [0.717, 1.165) is 37.5 Å². The van der Waals surface area contributed by atoms with Crippen molar-refractivity contribution in [3.05, 3.63) is 22.6 Å². The molecule has 0 saturated carbocycles. The summed E-state index contributed by atoms with van der Waals surface area (Å²) < 4.78 is 11.2. The molecule has 0 spiro atoms. The van der Waals surface area contributed by atoms with Crippen molar-refractivity contribution in [1.29, 1.82) is 0 Å². The second-order valence-electron chi connectivity index (χ2n) is 3.15. The third-order valence-electron chi connectivity index (χ3n) is 2.13. The number of furan rings is 1. The van der Waals surface area contributed by atoms with Gasteiger partial charge in [0.05, 0.1) is 19.5 Å². The highest BCUT2D eigenvalue weighted by Crippen LogP contribution is 2.16. The van der Waals surface area contributed by atoms with Crippen LogP contribution in [-0.2, 0) is 11.3 Å². The summed E-state index contributed by atoms with van der Waals surface area (Å²) in [4.78, 5) is 2.36. The first kappa shape index (κ1) is 9.24. The monoisotopic (exact) mass is 245 g/mol. The third-order valence-corrected chi connectivity index (χ3v) is 2.55. The van der Waals surface area contributed by atoms with Crippen LogP contribution in [0.5, 0.6) is 0 Å². The van der Waals surface area contributed by atoms with Gasteiger partial charge in [0.2, 0.25) is 0 Å². The summed E-state index contributed by atoms with van der Waals surface area (Å²) in [7, 11) is 0. The lowest BCUT2D eigenvalue weighted by Gasteiger charge is -2.25. The Labute approximate surface area is 85.8 Å². The van der Waals surface area contributed by atoms with Crippen LogP contribution in [0, 0.1) is 0 Å². The summed E-state index contributed by atoms with van der Waals surface area (Å²) >= 11 is 3.29. The van der Waals surface area contributed by atoms with Crippen molar-refractivity contribution in [1.82, 2.24) is 4.90 Å². The van der Waals surface area contributed by atoms with Crippen LogP contribution in [-0.4, -0.2) is 31.2 Å². The van der Waals surface area contributed by atoms with E-state index in [0.29, 0.717) is 0 Å². The quantitative estimate of drug-likeness (QED) is 0.796. The normalized spacial score (nSPS) is 19.2. The molecule has 0 amide bonds. The molecule has 1 aromatic heterocycles. The first-order valence-corrected chi connectivity index (χ1v) is 5.17. The molecule has 0 unspecified atom stereocenters. The molecular weight excluding hydrogens is 234 g/mol. The van der Waals surface area contributed by atoms with Crippen LogP contribution >= 0.6 is 15.9 Å². The van der Waals surface area contributed by atoms with Crippen LogP contribution in [0.2, 0.25) is 0 Å². The Hall–Kier alpha value is -0.320. The minimum absolute atomic E-state index is 0.802. The number of rotatable bonds is 2. The summed E-state index contributed by atoms with van der Waals surface area (Å²) in [5, 5.41) is 0. The molecular formula is C9H12BrNO2. The zero-order chi connectivity index (χ0) is 9.10. The largest absolute Gasteiger partial charge is 0.457 e. The molecule has 1 saturated heterocycles. The topological polar surface area (TPSA) is 25.6 Å². The number of halogens is 1. The van der Waals surface area contributed by atoms with E-state index in [-0.39, 0.29) is 0 Å². The maximum Gasteiger partial charge on any atom is 0.169 e. The maximum absolute atomic E-state index is 5.27. The summed E-state index contributed by atoms with van der Waals surface area (Å²) in [5.74, 6) is 0. The highest BCUT2D eigenvalue weighted by Gasteiger charge is 2.11. The summed E-state index contributed by atoms with van der Waals surface area (Å²) in [6, 6.07) is 2.01. The van der Waals surface area contributed by atoms with Gasteiger partial charge in [-0.2, -0.15) is 0 Å². The van der Waals surface area contributed by atoms with Crippen LogP contribution < -0.4 is 0 Å². The van der Waals surface area contributed by atoms with Gasteiger partial charge in [0.25, 0.3) is 0 Å². The molecule has 0 aromatic carbocycles. The zero-order valence-corrected chi connectivity index (χ0v) is 8.92. The smallest absolute Gasteiger partial charge is 0.169 e. The fourth-order valence-corrected chi connectivity index (χ4v) is 1.83. The van der Waals surface area contributed by atoms with E-state index >= 15 is 0 Å². The average Bonchev–Trinajstić information content (AvgIpc) is 2.53. The van der Waals surface area contributed by atoms with Crippen LogP contribution in [0.15, 0.2) is 21.4 Å². The molecule has 72 valence electrons. The lowest BCUT2D eigenvalue weighted by molar-refractivity contribution is 0.0341. The maximum atomic E-state index is 5.27. The van der Waals surface area contributed by atoms with E-state index in [1.165, 1.54) is 5.56 Å². The molecule has 1 aliphatic rings. The molecule has 0 atom stereocenters. The molecule has 0 N–H and O–H groups in total. The second kappa shape index (κ2) is 4.26. The summed E-state index contributed by atoms with van der Waals surface area (Å²) in [5.41, 5.74) is 1.22. The van der Waals surface area contributed by atoms with Crippen molar-refractivity contribution in [3.8, 4) is 0 Å². The number of ether oxygens (including phenoxy) is 1. The van der Waals surface area contributed by atoms with Crippen molar-refractivity contribution < 1.29 is 9.15 Å². The minimum Gasteiger partial charge on any atom is -0.457 e. The fraction of sp³-hybridized carbons (Fsp3) is 0.556. The number of hydrogen-bond donors (Lipinski definition) is 0. The lowest BCUT2D eigenvalue weighted by atomic mass is 10.3. The molecule has 4 heteroatoms. The molecule has 0 radical (unpaired) electrons. The van der Waals surface area contributed by atoms with E-state index in [2.05, 4.69) is 20.8 Å². The van der Waals surface area contributed by atoms with Crippen molar-refractivity contribution >= 4 is 15.9 Å². The molecule has 2 rings (SSSR count). The van der Waals surface area contributed by atoms with Gasteiger partial charge in [0.15, 0.2) is 4.67 Å². The molecule has 0 aliphatic carbocycles. The van der Waals surface area contributed by atoms with Gasteiger partial charge in [-0.05, 0) is 22.0 Å². The van der Waals surface area contributed by atoms with Crippen LogP contribution in [0.4, 0.5) is 0 Å². The van der Waals surface area contributed by atoms with Gasteiger partial charge in [0.1, 0.15) is 0 Å². The van der Waals surface area contributed by atoms with E-state index in [4.69, 9.17) is 9.15 Å². The zero-order valence-electron chi connectivity index (χ0n) is 7.33. The van der Waals surface area contributed by atoms with Gasteiger partial charge >= 0.3 is 0 Å². The van der Waals surface area contributed by atoms with Gasteiger partial charge in [-0.15, -0.1) is 0 Å². The Kier molecular flexibility index (Phi) is 3.03. The van der Waals surface area contributed by atoms with Gasteiger partial charge < -0.3 is 9.15 Å². The number of hydrogen-bond acceptors (Lipinski definition) is 3. The Morgan fingerprint density at radius 1 is 1.38 bits per heavy atom. The first-order chi connectivity index (χ1) is 6.34. The average molecular weight is 246 g/mol. The Balaban J connectivity index is 1.89. The van der Waals surface area contributed by atoms with Crippen molar-refractivity contribution in [3.63, 3.8) is 0 Å². The van der Waals surface area contributed by atoms with Gasteiger partial charge in [-0.1, -0.05) is 0 Å². The molecule has 0 bridgehead atoms. The van der Waals surface area contributed by atoms with Crippen molar-refractivity contribution in [2.45, 2.75) is 6.54 Å². The second-order valence-corrected chi connectivity index (χ2v) is 3.93. The standard InChI is InChI=1S/C9H12BrNO2/c10-9-5-8(7-13-9)6-11-1-3-12-4-2-11/h5,7H,1-4,6H2. The van der Waals surface area contributed by atoms with Crippen LogP contribution in [0.3, 0.4) is 0 Å². The van der Waals surface area contributed by atoms with E-state index in [1.807, 2.05) is 6.07 Å². The number of nitrogens with zero attached hydrogens (tertiary/aromatic N) is 1.